The van der Waals surface area contributed by atoms with E-state index in [1.807, 2.05) is 12.1 Å². The molecular weight excluding hydrogens is 408 g/mol. The van der Waals surface area contributed by atoms with Gasteiger partial charge in [0.15, 0.2) is 5.82 Å². The van der Waals surface area contributed by atoms with Crippen molar-refractivity contribution in [2.75, 3.05) is 13.1 Å². The Bertz CT molecular complexity index is 1020. The molecule has 2 aliphatic rings. The molecule has 0 amide bonds. The van der Waals surface area contributed by atoms with Crippen molar-refractivity contribution in [3.63, 3.8) is 0 Å². The number of tetrazole rings is 1. The Morgan fingerprint density at radius 2 is 1.50 bits per heavy atom. The number of hydrogen-bond acceptors (Lipinski definition) is 4. The molecule has 1 atom stereocenters. The van der Waals surface area contributed by atoms with Gasteiger partial charge in [0.1, 0.15) is 11.6 Å². The highest BCUT2D eigenvalue weighted by molar-refractivity contribution is 5.26. The number of likely N-dealkylation sites (tertiary alicyclic amines) is 1. The molecule has 1 aromatic heterocycles. The fourth-order valence-electron chi connectivity index (χ4n) is 5.63. The number of halogens is 2. The average Bonchev–Trinajstić information content (AvgIpc) is 3.25. The predicted octanol–water partition coefficient (Wildman–Crippen LogP) is 5.14. The molecule has 0 bridgehead atoms. The van der Waals surface area contributed by atoms with E-state index in [-0.39, 0.29) is 17.7 Å². The van der Waals surface area contributed by atoms with Gasteiger partial charge in [-0.1, -0.05) is 43.5 Å². The van der Waals surface area contributed by atoms with Gasteiger partial charge in [0.05, 0.1) is 12.6 Å². The molecule has 0 unspecified atom stereocenters. The predicted molar refractivity (Wildman–Crippen MR) is 118 cm³/mol. The van der Waals surface area contributed by atoms with E-state index in [1.54, 1.807) is 16.8 Å². The summed E-state index contributed by atoms with van der Waals surface area (Å²) in [4.78, 5) is 2.49. The van der Waals surface area contributed by atoms with E-state index in [0.717, 1.165) is 36.5 Å². The third-order valence-corrected chi connectivity index (χ3v) is 7.21. The second kappa shape index (κ2) is 9.06. The first-order valence-corrected chi connectivity index (χ1v) is 11.6. The third-order valence-electron chi connectivity index (χ3n) is 7.21. The summed E-state index contributed by atoms with van der Waals surface area (Å²) in [5.41, 5.74) is 2.29. The number of rotatable bonds is 5. The van der Waals surface area contributed by atoms with Gasteiger partial charge in [-0.25, -0.2) is 13.5 Å². The molecule has 0 radical (unpaired) electrons. The normalized spacial score (nSPS) is 19.8. The van der Waals surface area contributed by atoms with E-state index in [2.05, 4.69) is 20.4 Å². The second-order valence-corrected chi connectivity index (χ2v) is 9.41. The second-order valence-electron chi connectivity index (χ2n) is 9.41. The zero-order valence-electron chi connectivity index (χ0n) is 18.3. The van der Waals surface area contributed by atoms with Crippen LogP contribution in [0.1, 0.15) is 67.9 Å². The van der Waals surface area contributed by atoms with Crippen molar-refractivity contribution in [3.05, 3.63) is 77.1 Å². The van der Waals surface area contributed by atoms with Gasteiger partial charge in [-0.2, -0.15) is 0 Å². The van der Waals surface area contributed by atoms with Crippen LogP contribution in [0, 0.1) is 17.0 Å². The monoisotopic (exact) mass is 437 g/mol. The molecule has 32 heavy (non-hydrogen) atoms. The number of benzene rings is 2. The molecule has 2 fully saturated rings. The average molecular weight is 438 g/mol. The Hall–Kier alpha value is -2.67. The van der Waals surface area contributed by atoms with Gasteiger partial charge in [0, 0.05) is 6.54 Å². The lowest BCUT2D eigenvalue weighted by atomic mass is 9.69. The lowest BCUT2D eigenvalue weighted by Gasteiger charge is -2.47. The van der Waals surface area contributed by atoms with E-state index in [0.29, 0.717) is 12.0 Å². The largest absolute Gasteiger partial charge is 0.289 e. The quantitative estimate of drug-likeness (QED) is 0.555. The van der Waals surface area contributed by atoms with Crippen molar-refractivity contribution in [1.82, 2.24) is 25.1 Å². The fraction of sp³-hybridized carbons (Fsp3) is 0.480. The highest BCUT2D eigenvalue weighted by Gasteiger charge is 2.40. The number of nitrogens with zero attached hydrogens (tertiary/aromatic N) is 5. The van der Waals surface area contributed by atoms with Gasteiger partial charge in [-0.15, -0.1) is 5.10 Å². The van der Waals surface area contributed by atoms with Crippen molar-refractivity contribution in [3.8, 4) is 0 Å². The molecule has 1 aliphatic heterocycles. The van der Waals surface area contributed by atoms with Crippen molar-refractivity contribution in [2.24, 2.45) is 5.41 Å². The zero-order chi connectivity index (χ0) is 22.0. The molecule has 1 saturated heterocycles. The summed E-state index contributed by atoms with van der Waals surface area (Å²) in [6, 6.07) is 13.0. The number of hydrogen-bond donors (Lipinski definition) is 0. The number of piperidine rings is 1. The summed E-state index contributed by atoms with van der Waals surface area (Å²) in [5, 5.41) is 12.7. The first kappa shape index (κ1) is 21.2. The maximum Gasteiger partial charge on any atom is 0.173 e. The van der Waals surface area contributed by atoms with Crippen LogP contribution in [0.5, 0.6) is 0 Å². The lowest BCUT2D eigenvalue weighted by molar-refractivity contribution is 0.0342. The Labute approximate surface area is 187 Å². The lowest BCUT2D eigenvalue weighted by Crippen LogP contribution is -2.46. The van der Waals surface area contributed by atoms with Crippen LogP contribution in [-0.2, 0) is 6.54 Å². The third kappa shape index (κ3) is 4.44. The Kier molecular flexibility index (Phi) is 6.00. The van der Waals surface area contributed by atoms with Crippen molar-refractivity contribution in [1.29, 1.82) is 0 Å². The molecule has 5 rings (SSSR count). The molecule has 168 valence electrons. The first-order chi connectivity index (χ1) is 15.6. The fourth-order valence-corrected chi connectivity index (χ4v) is 5.63. The molecule has 0 N–H and O–H groups in total. The molecule has 7 heteroatoms. The summed E-state index contributed by atoms with van der Waals surface area (Å²) < 4.78 is 28.9. The van der Waals surface area contributed by atoms with Crippen LogP contribution in [0.25, 0.3) is 0 Å². The van der Waals surface area contributed by atoms with Crippen LogP contribution in [0.15, 0.2) is 48.5 Å². The van der Waals surface area contributed by atoms with Crippen LogP contribution in [0.4, 0.5) is 8.78 Å². The van der Waals surface area contributed by atoms with Gasteiger partial charge in [-0.05, 0) is 83.5 Å². The Morgan fingerprint density at radius 3 is 2.22 bits per heavy atom. The van der Waals surface area contributed by atoms with Crippen LogP contribution in [-0.4, -0.2) is 38.2 Å². The van der Waals surface area contributed by atoms with Gasteiger partial charge in [-0.3, -0.25) is 4.90 Å². The maximum atomic E-state index is 13.7. The van der Waals surface area contributed by atoms with E-state index >= 15 is 0 Å². The van der Waals surface area contributed by atoms with Crippen LogP contribution < -0.4 is 0 Å². The van der Waals surface area contributed by atoms with Gasteiger partial charge < -0.3 is 0 Å². The van der Waals surface area contributed by atoms with Crippen molar-refractivity contribution >= 4 is 0 Å². The van der Waals surface area contributed by atoms with E-state index < -0.39 is 0 Å². The van der Waals surface area contributed by atoms with Crippen LogP contribution in [0.2, 0.25) is 0 Å². The number of aromatic nitrogens is 4. The zero-order valence-corrected chi connectivity index (χ0v) is 18.3. The topological polar surface area (TPSA) is 46.8 Å². The molecule has 2 heterocycles. The standard InChI is InChI=1S/C25H29F2N5/c26-21-9-5-19(6-10-21)17-32-24(28-29-30-32)23(20-7-11-22(27)12-8-20)31-16-4-15-25(18-31)13-2-1-3-14-25/h5-12,23H,1-4,13-18H2/t23-/m0/s1. The summed E-state index contributed by atoms with van der Waals surface area (Å²) in [5.74, 6) is 0.232. The summed E-state index contributed by atoms with van der Waals surface area (Å²) in [7, 11) is 0. The SMILES string of the molecule is Fc1ccc(Cn2nnnc2[C@H](c2ccc(F)cc2)N2CCCC3(CCCCC3)C2)cc1. The minimum atomic E-state index is -0.263. The minimum absolute atomic E-state index is 0.148. The van der Waals surface area contributed by atoms with Crippen LogP contribution >= 0.6 is 0 Å². The van der Waals surface area contributed by atoms with E-state index in [1.165, 1.54) is 62.8 Å². The molecule has 5 nitrogen and oxygen atoms in total. The Balaban J connectivity index is 1.49. The smallest absolute Gasteiger partial charge is 0.173 e. The highest BCUT2D eigenvalue weighted by atomic mass is 19.1. The van der Waals surface area contributed by atoms with Crippen molar-refractivity contribution in [2.45, 2.75) is 57.5 Å². The summed E-state index contributed by atoms with van der Waals surface area (Å²) in [6.07, 6.45) is 8.92. The van der Waals surface area contributed by atoms with Gasteiger partial charge in [0.2, 0.25) is 0 Å². The van der Waals surface area contributed by atoms with Crippen molar-refractivity contribution < 1.29 is 8.78 Å². The van der Waals surface area contributed by atoms with Crippen LogP contribution in [0.3, 0.4) is 0 Å². The maximum absolute atomic E-state index is 13.7. The van der Waals surface area contributed by atoms with E-state index in [4.69, 9.17) is 0 Å². The summed E-state index contributed by atoms with van der Waals surface area (Å²) in [6.45, 7) is 2.44. The van der Waals surface area contributed by atoms with Gasteiger partial charge in [0.25, 0.3) is 0 Å². The van der Waals surface area contributed by atoms with E-state index in [9.17, 15) is 8.78 Å². The Morgan fingerprint density at radius 1 is 0.844 bits per heavy atom. The molecule has 1 spiro atoms. The minimum Gasteiger partial charge on any atom is -0.289 e. The molecule has 1 saturated carbocycles. The summed E-state index contributed by atoms with van der Waals surface area (Å²) >= 11 is 0. The first-order valence-electron chi connectivity index (χ1n) is 11.6. The molecular formula is C25H29F2N5. The molecule has 2 aromatic carbocycles. The molecule has 1 aliphatic carbocycles. The molecule has 3 aromatic rings. The highest BCUT2D eigenvalue weighted by Crippen LogP contribution is 2.45. The van der Waals surface area contributed by atoms with Gasteiger partial charge >= 0.3 is 0 Å².